The summed E-state index contributed by atoms with van der Waals surface area (Å²) < 4.78 is 0. The molecule has 0 amide bonds. The molecule has 0 saturated carbocycles. The van der Waals surface area contributed by atoms with E-state index in [-0.39, 0.29) is 12.4 Å². The van der Waals surface area contributed by atoms with Crippen molar-refractivity contribution in [1.29, 1.82) is 0 Å². The van der Waals surface area contributed by atoms with Crippen LogP contribution < -0.4 is 5.32 Å². The molecule has 0 atom stereocenters. The van der Waals surface area contributed by atoms with E-state index in [2.05, 4.69) is 20.2 Å². The molecule has 0 unspecified atom stereocenters. The molecule has 15 heavy (non-hydrogen) atoms. The van der Waals surface area contributed by atoms with Crippen molar-refractivity contribution in [2.24, 2.45) is 9.98 Å². The molecule has 6 heteroatoms. The largest absolute Gasteiger partial charge is 0.318 e. The number of amidine groups is 2. The van der Waals surface area contributed by atoms with Crippen LogP contribution in [0.1, 0.15) is 6.42 Å². The average molecular weight is 249 g/mol. The Morgan fingerprint density at radius 3 is 3.27 bits per heavy atom. The molecule has 1 saturated heterocycles. The maximum Gasteiger partial charge on any atom is 0.165 e. The minimum atomic E-state index is 0. The standard InChI is InChI=1S/C9H16N4S.ClH/c1-10-4-5-12-9-13-6-2-3-11-8(13)7-14-9;/h10H,2-7H2,1H3;1H. The Hall–Kier alpha value is -0.260. The van der Waals surface area contributed by atoms with E-state index >= 15 is 0 Å². The van der Waals surface area contributed by atoms with Crippen molar-refractivity contribution in [2.75, 3.05) is 39.0 Å². The fraction of sp³-hybridized carbons (Fsp3) is 0.778. The molecule has 0 aromatic heterocycles. The van der Waals surface area contributed by atoms with Crippen LogP contribution in [0.4, 0.5) is 0 Å². The highest BCUT2D eigenvalue weighted by Crippen LogP contribution is 2.22. The Kier molecular flexibility index (Phi) is 5.42. The van der Waals surface area contributed by atoms with Crippen molar-refractivity contribution < 1.29 is 0 Å². The van der Waals surface area contributed by atoms with Gasteiger partial charge in [-0.05, 0) is 13.5 Å². The summed E-state index contributed by atoms with van der Waals surface area (Å²) in [4.78, 5) is 11.3. The van der Waals surface area contributed by atoms with Gasteiger partial charge in [0.05, 0.1) is 12.3 Å². The monoisotopic (exact) mass is 248 g/mol. The summed E-state index contributed by atoms with van der Waals surface area (Å²) in [7, 11) is 1.95. The lowest BCUT2D eigenvalue weighted by Gasteiger charge is -2.22. The smallest absolute Gasteiger partial charge is 0.165 e. The second-order valence-corrected chi connectivity index (χ2v) is 4.30. The fourth-order valence-electron chi connectivity index (χ4n) is 1.58. The molecule has 0 aromatic rings. The second-order valence-electron chi connectivity index (χ2n) is 3.36. The first-order valence-corrected chi connectivity index (χ1v) is 6.03. The third-order valence-corrected chi connectivity index (χ3v) is 3.33. The molecule has 0 bridgehead atoms. The Morgan fingerprint density at radius 2 is 2.47 bits per heavy atom. The van der Waals surface area contributed by atoms with Crippen LogP contribution >= 0.6 is 24.2 Å². The summed E-state index contributed by atoms with van der Waals surface area (Å²) in [5.41, 5.74) is 0. The highest BCUT2D eigenvalue weighted by atomic mass is 35.5. The molecule has 2 aliphatic rings. The summed E-state index contributed by atoms with van der Waals surface area (Å²) in [6, 6.07) is 0. The number of halogens is 1. The number of hydrogen-bond donors (Lipinski definition) is 1. The number of nitrogens with one attached hydrogen (secondary N) is 1. The normalized spacial score (nSPS) is 22.3. The van der Waals surface area contributed by atoms with Gasteiger partial charge in [-0.2, -0.15) is 0 Å². The molecule has 0 radical (unpaired) electrons. The molecule has 2 aliphatic heterocycles. The second kappa shape index (κ2) is 6.35. The molecule has 2 rings (SSSR count). The number of thioether (sulfide) groups is 1. The minimum Gasteiger partial charge on any atom is -0.318 e. The van der Waals surface area contributed by atoms with Crippen LogP contribution in [-0.2, 0) is 0 Å². The zero-order valence-corrected chi connectivity index (χ0v) is 10.5. The van der Waals surface area contributed by atoms with Gasteiger partial charge in [-0.1, -0.05) is 11.8 Å². The van der Waals surface area contributed by atoms with E-state index in [1.165, 1.54) is 11.0 Å². The number of hydrogen-bond acceptors (Lipinski definition) is 4. The lowest BCUT2D eigenvalue weighted by Crippen LogP contribution is -2.34. The number of rotatable bonds is 3. The van der Waals surface area contributed by atoms with Gasteiger partial charge in [-0.25, -0.2) is 0 Å². The Labute approximate surface area is 101 Å². The number of fused-ring (bicyclic) bond motifs is 1. The highest BCUT2D eigenvalue weighted by molar-refractivity contribution is 8.15. The maximum atomic E-state index is 4.56. The van der Waals surface area contributed by atoms with E-state index in [1.807, 2.05) is 18.8 Å². The first-order chi connectivity index (χ1) is 6.92. The molecule has 1 N–H and O–H groups in total. The molecule has 1 fully saturated rings. The van der Waals surface area contributed by atoms with E-state index < -0.39 is 0 Å². The lowest BCUT2D eigenvalue weighted by atomic mass is 10.3. The number of likely N-dealkylation sites (N-methyl/N-ethyl adjacent to an activating group) is 1. The predicted octanol–water partition coefficient (Wildman–Crippen LogP) is 0.835. The van der Waals surface area contributed by atoms with Gasteiger partial charge in [0, 0.05) is 19.6 Å². The first kappa shape index (κ1) is 12.8. The number of aliphatic imine (C=N–C) groups is 2. The first-order valence-electron chi connectivity index (χ1n) is 5.04. The van der Waals surface area contributed by atoms with Crippen LogP contribution in [0.3, 0.4) is 0 Å². The van der Waals surface area contributed by atoms with E-state index in [0.717, 1.165) is 38.4 Å². The molecule has 0 aliphatic carbocycles. The summed E-state index contributed by atoms with van der Waals surface area (Å²) in [6.45, 7) is 3.91. The van der Waals surface area contributed by atoms with Gasteiger partial charge < -0.3 is 10.2 Å². The van der Waals surface area contributed by atoms with Crippen molar-refractivity contribution in [2.45, 2.75) is 6.42 Å². The quantitative estimate of drug-likeness (QED) is 0.753. The third kappa shape index (κ3) is 3.09. The zero-order valence-electron chi connectivity index (χ0n) is 8.90. The van der Waals surface area contributed by atoms with Crippen molar-refractivity contribution in [3.8, 4) is 0 Å². The summed E-state index contributed by atoms with van der Waals surface area (Å²) in [5.74, 6) is 2.24. The Bertz CT molecular complexity index is 267. The van der Waals surface area contributed by atoms with Gasteiger partial charge in [0.1, 0.15) is 5.84 Å². The van der Waals surface area contributed by atoms with Crippen molar-refractivity contribution >= 4 is 35.2 Å². The van der Waals surface area contributed by atoms with Gasteiger partial charge in [0.15, 0.2) is 5.17 Å². The van der Waals surface area contributed by atoms with Crippen molar-refractivity contribution in [3.63, 3.8) is 0 Å². The van der Waals surface area contributed by atoms with Crippen LogP contribution in [0.25, 0.3) is 0 Å². The maximum absolute atomic E-state index is 4.56. The van der Waals surface area contributed by atoms with Gasteiger partial charge in [-0.3, -0.25) is 9.98 Å². The molecule has 4 nitrogen and oxygen atoms in total. The Balaban J connectivity index is 0.00000112. The van der Waals surface area contributed by atoms with Gasteiger partial charge in [0.2, 0.25) is 0 Å². The topological polar surface area (TPSA) is 40.0 Å². The van der Waals surface area contributed by atoms with Crippen LogP contribution in [0.5, 0.6) is 0 Å². The summed E-state index contributed by atoms with van der Waals surface area (Å²) in [5, 5.41) is 4.26. The van der Waals surface area contributed by atoms with Crippen molar-refractivity contribution in [3.05, 3.63) is 0 Å². The van der Waals surface area contributed by atoms with Gasteiger partial charge >= 0.3 is 0 Å². The molecule has 2 heterocycles. The Morgan fingerprint density at radius 1 is 1.60 bits per heavy atom. The molecule has 0 spiro atoms. The predicted molar refractivity (Wildman–Crippen MR) is 69.6 cm³/mol. The van der Waals surface area contributed by atoms with E-state index in [4.69, 9.17) is 0 Å². The summed E-state index contributed by atoms with van der Waals surface area (Å²) >= 11 is 1.82. The third-order valence-electron chi connectivity index (χ3n) is 2.32. The molecule has 0 aromatic carbocycles. The van der Waals surface area contributed by atoms with Crippen LogP contribution in [-0.4, -0.2) is 54.9 Å². The van der Waals surface area contributed by atoms with E-state index in [9.17, 15) is 0 Å². The SMILES string of the molecule is CNCCN=C1SCC2=NCCCN21.Cl. The van der Waals surface area contributed by atoms with Crippen LogP contribution in [0.2, 0.25) is 0 Å². The zero-order chi connectivity index (χ0) is 9.80. The van der Waals surface area contributed by atoms with Crippen LogP contribution in [0, 0.1) is 0 Å². The van der Waals surface area contributed by atoms with Crippen LogP contribution in [0.15, 0.2) is 9.98 Å². The highest BCUT2D eigenvalue weighted by Gasteiger charge is 2.27. The van der Waals surface area contributed by atoms with Gasteiger partial charge in [-0.15, -0.1) is 12.4 Å². The van der Waals surface area contributed by atoms with Crippen molar-refractivity contribution in [1.82, 2.24) is 10.2 Å². The van der Waals surface area contributed by atoms with E-state index in [1.54, 1.807) is 0 Å². The fourth-order valence-corrected chi connectivity index (χ4v) is 2.62. The lowest BCUT2D eigenvalue weighted by molar-refractivity contribution is 0.556. The molecular formula is C9H17ClN4S. The average Bonchev–Trinajstić information content (AvgIpc) is 2.63. The molecule has 86 valence electrons. The van der Waals surface area contributed by atoms with Gasteiger partial charge in [0.25, 0.3) is 0 Å². The summed E-state index contributed by atoms with van der Waals surface area (Å²) in [6.07, 6.45) is 1.16. The number of nitrogens with zero attached hydrogens (tertiary/aromatic N) is 3. The molecular weight excluding hydrogens is 232 g/mol. The minimum absolute atomic E-state index is 0. The van der Waals surface area contributed by atoms with E-state index in [0.29, 0.717) is 0 Å².